The Labute approximate surface area is 194 Å². The minimum Gasteiger partial charge on any atom is -0.487 e. The van der Waals surface area contributed by atoms with Crippen LogP contribution in [0.1, 0.15) is 11.1 Å². The van der Waals surface area contributed by atoms with Crippen LogP contribution in [-0.2, 0) is 11.2 Å². The average molecular weight is 466 g/mol. The molecule has 162 valence electrons. The lowest BCUT2D eigenvalue weighted by Crippen LogP contribution is -2.35. The van der Waals surface area contributed by atoms with Crippen LogP contribution in [0.5, 0.6) is 5.75 Å². The van der Waals surface area contributed by atoms with Gasteiger partial charge in [0, 0.05) is 35.0 Å². The molecule has 9 heteroatoms. The van der Waals surface area contributed by atoms with Gasteiger partial charge in [-0.15, -0.1) is 0 Å². The van der Waals surface area contributed by atoms with Crippen molar-refractivity contribution in [3.63, 3.8) is 0 Å². The first-order valence-electron chi connectivity index (χ1n) is 10.2. The first-order chi connectivity index (χ1) is 15.5. The van der Waals surface area contributed by atoms with Gasteiger partial charge in [-0.25, -0.2) is 4.98 Å². The number of halogens is 1. The van der Waals surface area contributed by atoms with E-state index in [2.05, 4.69) is 25.3 Å². The second kappa shape index (κ2) is 8.80. The lowest BCUT2D eigenvalue weighted by atomic mass is 10.0. The van der Waals surface area contributed by atoms with Gasteiger partial charge in [-0.1, -0.05) is 29.4 Å². The Morgan fingerprint density at radius 1 is 1.31 bits per heavy atom. The smallest absolute Gasteiger partial charge is 0.230 e. The summed E-state index contributed by atoms with van der Waals surface area (Å²) < 4.78 is 6.15. The van der Waals surface area contributed by atoms with Crippen LogP contribution in [0.4, 0.5) is 0 Å². The summed E-state index contributed by atoms with van der Waals surface area (Å²) in [5.74, 6) is 0.953. The Bertz CT molecular complexity index is 1290. The van der Waals surface area contributed by atoms with Gasteiger partial charge in [-0.2, -0.15) is 0 Å². The number of fused-ring (bicyclic) bond motifs is 2. The van der Waals surface area contributed by atoms with Crippen LogP contribution in [0.2, 0.25) is 5.02 Å². The largest absolute Gasteiger partial charge is 0.487 e. The molecule has 2 aromatic heterocycles. The van der Waals surface area contributed by atoms with Crippen LogP contribution in [0.3, 0.4) is 0 Å². The maximum atomic E-state index is 12.4. The summed E-state index contributed by atoms with van der Waals surface area (Å²) in [6.07, 6.45) is 5.44. The summed E-state index contributed by atoms with van der Waals surface area (Å²) >= 11 is 7.69. The number of hydrogen-bond acceptors (Lipinski definition) is 6. The van der Waals surface area contributed by atoms with E-state index < -0.39 is 0 Å². The molecule has 0 radical (unpaired) electrons. The summed E-state index contributed by atoms with van der Waals surface area (Å²) in [6, 6.07) is 9.77. The molecule has 3 heterocycles. The predicted molar refractivity (Wildman–Crippen MR) is 125 cm³/mol. The number of hydrogen-bond donors (Lipinski definition) is 2. The minimum absolute atomic E-state index is 0.0709. The third-order valence-corrected chi connectivity index (χ3v) is 6.28. The molecule has 32 heavy (non-hydrogen) atoms. The Morgan fingerprint density at radius 3 is 3.06 bits per heavy atom. The molecule has 0 unspecified atom stereocenters. The third kappa shape index (κ3) is 4.42. The van der Waals surface area contributed by atoms with Gasteiger partial charge < -0.3 is 15.0 Å². The van der Waals surface area contributed by atoms with Crippen molar-refractivity contribution in [2.24, 2.45) is 0 Å². The predicted octanol–water partition coefficient (Wildman–Crippen LogP) is 4.19. The van der Waals surface area contributed by atoms with Crippen LogP contribution in [0, 0.1) is 6.92 Å². The fraction of sp³-hybridized carbons (Fsp3) is 0.217. The number of carbonyl (C=O) groups excluding carboxylic acids is 1. The third-order valence-electron chi connectivity index (χ3n) is 5.18. The van der Waals surface area contributed by atoms with E-state index in [1.54, 1.807) is 18.6 Å². The van der Waals surface area contributed by atoms with E-state index in [1.807, 2.05) is 37.3 Å². The normalized spacial score (nSPS) is 14.9. The molecule has 1 aliphatic heterocycles. The second-order valence-electron chi connectivity index (χ2n) is 7.63. The van der Waals surface area contributed by atoms with Crippen molar-refractivity contribution < 1.29 is 9.53 Å². The Balaban J connectivity index is 1.18. The number of nitrogens with one attached hydrogen (secondary N) is 2. The number of ether oxygens (including phenoxy) is 1. The first kappa shape index (κ1) is 20.8. The molecule has 0 aliphatic carbocycles. The van der Waals surface area contributed by atoms with Crippen molar-refractivity contribution >= 4 is 40.3 Å². The Kier molecular flexibility index (Phi) is 5.71. The van der Waals surface area contributed by atoms with Gasteiger partial charge in [-0.3, -0.25) is 14.8 Å². The Morgan fingerprint density at radius 2 is 2.22 bits per heavy atom. The molecule has 1 atom stereocenters. The topological polar surface area (TPSA) is 92.8 Å². The molecule has 0 bridgehead atoms. The molecule has 1 aliphatic rings. The second-order valence-corrected chi connectivity index (χ2v) is 9.03. The molecule has 2 aromatic carbocycles. The number of aromatic amines is 1. The van der Waals surface area contributed by atoms with E-state index in [9.17, 15) is 4.79 Å². The highest BCUT2D eigenvalue weighted by Crippen LogP contribution is 2.40. The number of nitrogens with zero attached hydrogens (tertiary/aromatic N) is 3. The fourth-order valence-corrected chi connectivity index (χ4v) is 4.67. The SMILES string of the molecule is Cc1ccc2nc(SCC(=O)NC[C@H]3Cc4cc(Cl)cc(-c5cnccn5)c4O3)[nH]c2c1. The summed E-state index contributed by atoms with van der Waals surface area (Å²) in [5, 5.41) is 4.31. The van der Waals surface area contributed by atoms with E-state index in [1.165, 1.54) is 11.8 Å². The molecule has 2 N–H and O–H groups in total. The van der Waals surface area contributed by atoms with Crippen molar-refractivity contribution in [2.75, 3.05) is 12.3 Å². The summed E-state index contributed by atoms with van der Waals surface area (Å²) in [6.45, 7) is 2.44. The molecule has 4 aromatic rings. The van der Waals surface area contributed by atoms with Crippen molar-refractivity contribution in [1.82, 2.24) is 25.3 Å². The number of thioether (sulfide) groups is 1. The molecule has 0 saturated heterocycles. The number of rotatable bonds is 6. The first-order valence-corrected chi connectivity index (χ1v) is 11.5. The fourth-order valence-electron chi connectivity index (χ4n) is 3.72. The van der Waals surface area contributed by atoms with Gasteiger partial charge in [0.15, 0.2) is 5.16 Å². The molecular formula is C23H20ClN5O2S. The van der Waals surface area contributed by atoms with Gasteiger partial charge in [0.2, 0.25) is 5.91 Å². The zero-order valence-corrected chi connectivity index (χ0v) is 18.8. The number of aryl methyl sites for hydroxylation is 1. The Hall–Kier alpha value is -3.10. The van der Waals surface area contributed by atoms with Crippen LogP contribution in [0.25, 0.3) is 22.3 Å². The van der Waals surface area contributed by atoms with Gasteiger partial charge in [-0.05, 0) is 36.8 Å². The van der Waals surface area contributed by atoms with E-state index >= 15 is 0 Å². The summed E-state index contributed by atoms with van der Waals surface area (Å²) in [4.78, 5) is 28.6. The van der Waals surface area contributed by atoms with Gasteiger partial charge in [0.25, 0.3) is 0 Å². The van der Waals surface area contributed by atoms with E-state index in [0.717, 1.165) is 38.6 Å². The lowest BCUT2D eigenvalue weighted by Gasteiger charge is -2.13. The van der Waals surface area contributed by atoms with Gasteiger partial charge >= 0.3 is 0 Å². The minimum atomic E-state index is -0.165. The van der Waals surface area contributed by atoms with Crippen molar-refractivity contribution in [2.45, 2.75) is 24.6 Å². The highest BCUT2D eigenvalue weighted by Gasteiger charge is 2.27. The number of carbonyl (C=O) groups is 1. The number of benzene rings is 2. The zero-order chi connectivity index (χ0) is 22.1. The van der Waals surface area contributed by atoms with Crippen molar-refractivity contribution in [1.29, 1.82) is 0 Å². The van der Waals surface area contributed by atoms with Crippen LogP contribution in [0.15, 0.2) is 54.1 Å². The van der Waals surface area contributed by atoms with E-state index in [0.29, 0.717) is 23.7 Å². The van der Waals surface area contributed by atoms with Crippen molar-refractivity contribution in [3.8, 4) is 17.0 Å². The van der Waals surface area contributed by atoms with Crippen LogP contribution in [-0.4, -0.2) is 44.2 Å². The monoisotopic (exact) mass is 465 g/mol. The summed E-state index contributed by atoms with van der Waals surface area (Å²) in [7, 11) is 0. The highest BCUT2D eigenvalue weighted by atomic mass is 35.5. The zero-order valence-electron chi connectivity index (χ0n) is 17.3. The molecule has 0 spiro atoms. The highest BCUT2D eigenvalue weighted by molar-refractivity contribution is 7.99. The molecule has 0 saturated carbocycles. The standard InChI is InChI=1S/C23H20ClN5O2S/c1-13-2-3-18-19(6-13)29-23(28-18)32-12-21(30)27-10-16-8-14-7-15(24)9-17(22(14)31-16)20-11-25-4-5-26-20/h2-7,9,11,16H,8,10,12H2,1H3,(H,27,30)(H,28,29)/t16-/m1/s1. The molecule has 5 rings (SSSR count). The molecule has 7 nitrogen and oxygen atoms in total. The van der Waals surface area contributed by atoms with E-state index in [-0.39, 0.29) is 17.8 Å². The number of aromatic nitrogens is 4. The average Bonchev–Trinajstić information content (AvgIpc) is 3.39. The van der Waals surface area contributed by atoms with Gasteiger partial charge in [0.1, 0.15) is 11.9 Å². The van der Waals surface area contributed by atoms with E-state index in [4.69, 9.17) is 16.3 Å². The van der Waals surface area contributed by atoms with Crippen LogP contribution >= 0.6 is 23.4 Å². The van der Waals surface area contributed by atoms with Crippen LogP contribution < -0.4 is 10.1 Å². The lowest BCUT2D eigenvalue weighted by molar-refractivity contribution is -0.118. The number of H-pyrrole nitrogens is 1. The number of imidazole rings is 1. The van der Waals surface area contributed by atoms with Gasteiger partial charge in [0.05, 0.1) is 35.2 Å². The molecular weight excluding hydrogens is 446 g/mol. The molecule has 1 amide bonds. The quantitative estimate of drug-likeness (QED) is 0.415. The summed E-state index contributed by atoms with van der Waals surface area (Å²) in [5.41, 5.74) is 5.55. The number of amides is 1. The maximum absolute atomic E-state index is 12.4. The van der Waals surface area contributed by atoms with Crippen molar-refractivity contribution in [3.05, 3.63) is 65.1 Å². The molecule has 0 fully saturated rings. The maximum Gasteiger partial charge on any atom is 0.230 e.